The molecule has 0 bridgehead atoms. The summed E-state index contributed by atoms with van der Waals surface area (Å²) in [6.07, 6.45) is 0. The SMILES string of the molecule is COc1ccc2oc(C(=O)OCC(=O)c3ccc(OC(F)F)c(OC)c3)c(C)c2c1. The van der Waals surface area contributed by atoms with Gasteiger partial charge in [0.05, 0.1) is 14.2 Å². The largest absolute Gasteiger partial charge is 0.497 e. The third kappa shape index (κ3) is 4.35. The molecule has 0 fully saturated rings. The lowest BCUT2D eigenvalue weighted by molar-refractivity contribution is -0.0512. The summed E-state index contributed by atoms with van der Waals surface area (Å²) in [6.45, 7) is -1.92. The van der Waals surface area contributed by atoms with Crippen LogP contribution in [0.3, 0.4) is 0 Å². The fourth-order valence-corrected chi connectivity index (χ4v) is 2.84. The number of ketones is 1. The van der Waals surface area contributed by atoms with Gasteiger partial charge in [0, 0.05) is 16.5 Å². The van der Waals surface area contributed by atoms with E-state index in [1.165, 1.54) is 32.4 Å². The first-order valence-electron chi connectivity index (χ1n) is 8.74. The van der Waals surface area contributed by atoms with E-state index in [9.17, 15) is 18.4 Å². The van der Waals surface area contributed by atoms with E-state index in [0.29, 0.717) is 22.3 Å². The molecule has 3 aromatic rings. The number of ether oxygens (including phenoxy) is 4. The number of halogens is 2. The number of furan rings is 1. The van der Waals surface area contributed by atoms with Gasteiger partial charge < -0.3 is 23.4 Å². The minimum Gasteiger partial charge on any atom is -0.497 e. The smallest absolute Gasteiger partial charge is 0.387 e. The highest BCUT2D eigenvalue weighted by Crippen LogP contribution is 2.31. The molecule has 2 aromatic carbocycles. The Morgan fingerprint density at radius 2 is 1.80 bits per heavy atom. The summed E-state index contributed by atoms with van der Waals surface area (Å²) in [4.78, 5) is 24.8. The molecule has 0 aliphatic heterocycles. The molecular weight excluding hydrogens is 402 g/mol. The average Bonchev–Trinajstić information content (AvgIpc) is 3.07. The Balaban J connectivity index is 1.72. The summed E-state index contributed by atoms with van der Waals surface area (Å²) in [5.74, 6) is -1.04. The second kappa shape index (κ2) is 8.81. The number of carbonyl (C=O) groups is 2. The van der Waals surface area contributed by atoms with Gasteiger partial charge in [-0.3, -0.25) is 4.79 Å². The number of alkyl halides is 2. The molecule has 0 saturated heterocycles. The molecule has 0 spiro atoms. The minimum atomic E-state index is -3.03. The lowest BCUT2D eigenvalue weighted by Gasteiger charge is -2.11. The van der Waals surface area contributed by atoms with Crippen molar-refractivity contribution in [1.82, 2.24) is 0 Å². The number of hydrogen-bond donors (Lipinski definition) is 0. The normalized spacial score (nSPS) is 10.9. The van der Waals surface area contributed by atoms with Gasteiger partial charge in [-0.15, -0.1) is 0 Å². The van der Waals surface area contributed by atoms with E-state index in [1.54, 1.807) is 25.1 Å². The van der Waals surface area contributed by atoms with E-state index < -0.39 is 25.0 Å². The summed E-state index contributed by atoms with van der Waals surface area (Å²) < 4.78 is 49.8. The maximum absolute atomic E-state index is 12.4. The molecule has 158 valence electrons. The van der Waals surface area contributed by atoms with Gasteiger partial charge in [0.15, 0.2) is 23.9 Å². The molecule has 0 N–H and O–H groups in total. The highest BCUT2D eigenvalue weighted by Gasteiger charge is 2.21. The monoisotopic (exact) mass is 420 g/mol. The summed E-state index contributed by atoms with van der Waals surface area (Å²) in [6, 6.07) is 8.76. The van der Waals surface area contributed by atoms with Crippen LogP contribution in [0.2, 0.25) is 0 Å². The van der Waals surface area contributed by atoms with Gasteiger partial charge in [-0.25, -0.2) is 4.79 Å². The van der Waals surface area contributed by atoms with E-state index in [2.05, 4.69) is 4.74 Å². The lowest BCUT2D eigenvalue weighted by atomic mass is 10.1. The van der Waals surface area contributed by atoms with Crippen LogP contribution in [0.25, 0.3) is 11.0 Å². The number of benzene rings is 2. The molecular formula is C21H18F2O7. The van der Waals surface area contributed by atoms with Gasteiger partial charge in [-0.05, 0) is 43.3 Å². The maximum atomic E-state index is 12.4. The van der Waals surface area contributed by atoms with Crippen LogP contribution in [-0.4, -0.2) is 39.2 Å². The van der Waals surface area contributed by atoms with Crippen LogP contribution in [0.15, 0.2) is 40.8 Å². The fraction of sp³-hybridized carbons (Fsp3) is 0.238. The molecule has 0 saturated carbocycles. The molecule has 30 heavy (non-hydrogen) atoms. The van der Waals surface area contributed by atoms with Crippen LogP contribution in [-0.2, 0) is 4.74 Å². The second-order valence-electron chi connectivity index (χ2n) is 6.16. The van der Waals surface area contributed by atoms with E-state index in [0.717, 1.165) is 0 Å². The third-order valence-electron chi connectivity index (χ3n) is 4.36. The van der Waals surface area contributed by atoms with Gasteiger partial charge in [0.2, 0.25) is 5.76 Å². The fourth-order valence-electron chi connectivity index (χ4n) is 2.84. The molecule has 0 aliphatic carbocycles. The van der Waals surface area contributed by atoms with Gasteiger partial charge in [-0.2, -0.15) is 8.78 Å². The number of Topliss-reactive ketones (excluding diaryl/α,β-unsaturated/α-hetero) is 1. The number of esters is 1. The number of fused-ring (bicyclic) bond motifs is 1. The summed E-state index contributed by atoms with van der Waals surface area (Å²) in [7, 11) is 2.78. The summed E-state index contributed by atoms with van der Waals surface area (Å²) in [5.41, 5.74) is 1.13. The zero-order valence-electron chi connectivity index (χ0n) is 16.4. The molecule has 0 unspecified atom stereocenters. The summed E-state index contributed by atoms with van der Waals surface area (Å²) >= 11 is 0. The van der Waals surface area contributed by atoms with Crippen molar-refractivity contribution in [3.05, 3.63) is 53.3 Å². The van der Waals surface area contributed by atoms with Crippen LogP contribution < -0.4 is 14.2 Å². The predicted octanol–water partition coefficient (Wildman–Crippen LogP) is 4.40. The van der Waals surface area contributed by atoms with Crippen LogP contribution in [0, 0.1) is 6.92 Å². The Bertz CT molecular complexity index is 1090. The van der Waals surface area contributed by atoms with Crippen molar-refractivity contribution in [3.8, 4) is 17.2 Å². The van der Waals surface area contributed by atoms with E-state index in [1.807, 2.05) is 0 Å². The Morgan fingerprint density at radius 1 is 1.03 bits per heavy atom. The van der Waals surface area contributed by atoms with Gasteiger partial charge >= 0.3 is 12.6 Å². The van der Waals surface area contributed by atoms with Crippen molar-refractivity contribution < 1.29 is 41.7 Å². The number of aryl methyl sites for hydroxylation is 1. The first kappa shape index (κ1) is 21.1. The van der Waals surface area contributed by atoms with Crippen molar-refractivity contribution in [2.75, 3.05) is 20.8 Å². The first-order chi connectivity index (χ1) is 14.3. The van der Waals surface area contributed by atoms with Gasteiger partial charge in [0.25, 0.3) is 0 Å². The highest BCUT2D eigenvalue weighted by molar-refractivity contribution is 6.01. The van der Waals surface area contributed by atoms with Gasteiger partial charge in [0.1, 0.15) is 11.3 Å². The van der Waals surface area contributed by atoms with Crippen molar-refractivity contribution in [2.45, 2.75) is 13.5 Å². The van der Waals surface area contributed by atoms with E-state index in [4.69, 9.17) is 18.6 Å². The molecule has 0 aliphatic rings. The zero-order valence-corrected chi connectivity index (χ0v) is 16.4. The Kier molecular flexibility index (Phi) is 6.20. The maximum Gasteiger partial charge on any atom is 0.387 e. The Labute approximate surface area is 170 Å². The van der Waals surface area contributed by atoms with Crippen molar-refractivity contribution in [2.24, 2.45) is 0 Å². The molecule has 3 rings (SSSR count). The first-order valence-corrected chi connectivity index (χ1v) is 8.74. The average molecular weight is 420 g/mol. The highest BCUT2D eigenvalue weighted by atomic mass is 19.3. The van der Waals surface area contributed by atoms with Crippen LogP contribution in [0.5, 0.6) is 17.2 Å². The van der Waals surface area contributed by atoms with E-state index in [-0.39, 0.29) is 22.8 Å². The molecule has 1 aromatic heterocycles. The summed E-state index contributed by atoms with van der Waals surface area (Å²) in [5, 5.41) is 0.687. The van der Waals surface area contributed by atoms with Gasteiger partial charge in [-0.1, -0.05) is 0 Å². The minimum absolute atomic E-state index is 0.0238. The van der Waals surface area contributed by atoms with E-state index >= 15 is 0 Å². The van der Waals surface area contributed by atoms with Crippen molar-refractivity contribution >= 4 is 22.7 Å². The number of hydrogen-bond acceptors (Lipinski definition) is 7. The molecule has 7 nitrogen and oxygen atoms in total. The standard InChI is InChI=1S/C21H18F2O7/c1-11-14-9-13(26-2)5-7-16(14)29-19(11)20(25)28-10-15(24)12-4-6-17(30-21(22)23)18(8-12)27-3/h4-9,21H,10H2,1-3H3. The Hall–Kier alpha value is -3.62. The van der Waals surface area contributed by atoms with Crippen LogP contribution >= 0.6 is 0 Å². The van der Waals surface area contributed by atoms with Crippen LogP contribution in [0.1, 0.15) is 26.5 Å². The third-order valence-corrected chi connectivity index (χ3v) is 4.36. The van der Waals surface area contributed by atoms with Crippen molar-refractivity contribution in [3.63, 3.8) is 0 Å². The number of methoxy groups -OCH3 is 2. The van der Waals surface area contributed by atoms with Crippen LogP contribution in [0.4, 0.5) is 8.78 Å². The Morgan fingerprint density at radius 3 is 2.47 bits per heavy atom. The zero-order chi connectivity index (χ0) is 21.8. The number of rotatable bonds is 8. The molecule has 0 amide bonds. The lowest BCUT2D eigenvalue weighted by Crippen LogP contribution is -2.14. The molecule has 0 radical (unpaired) electrons. The second-order valence-corrected chi connectivity index (χ2v) is 6.16. The van der Waals surface area contributed by atoms with Crippen molar-refractivity contribution in [1.29, 1.82) is 0 Å². The predicted molar refractivity (Wildman–Crippen MR) is 102 cm³/mol. The quantitative estimate of drug-likeness (QED) is 0.394. The molecule has 9 heteroatoms. The topological polar surface area (TPSA) is 84.2 Å². The molecule has 0 atom stereocenters. The molecule has 1 heterocycles. The number of carbonyl (C=O) groups excluding carboxylic acids is 2.